The maximum Gasteiger partial charge on any atom is 0.307 e. The average Bonchev–Trinajstić information content (AvgIpc) is 2.60. The van der Waals surface area contributed by atoms with E-state index in [-0.39, 0.29) is 34.7 Å². The van der Waals surface area contributed by atoms with Gasteiger partial charge < -0.3 is 14.7 Å². The average molecular weight is 384 g/mol. The second-order valence-corrected chi connectivity index (χ2v) is 8.49. The fraction of sp³-hybridized carbons (Fsp3) is 0.529. The van der Waals surface area contributed by atoms with Crippen molar-refractivity contribution in [2.75, 3.05) is 27.7 Å². The number of hydrogen-bond acceptors (Lipinski definition) is 5. The van der Waals surface area contributed by atoms with Crippen molar-refractivity contribution in [3.05, 3.63) is 23.8 Å². The van der Waals surface area contributed by atoms with E-state index in [1.54, 1.807) is 21.0 Å². The summed E-state index contributed by atoms with van der Waals surface area (Å²) in [6, 6.07) is 3.78. The molecule has 0 aliphatic carbocycles. The molecule has 0 bridgehead atoms. The number of carbonyl (C=O) groups excluding carboxylic acids is 1. The van der Waals surface area contributed by atoms with E-state index in [0.29, 0.717) is 12.8 Å². The lowest BCUT2D eigenvalue weighted by atomic mass is 9.96. The molecule has 2 unspecified atom stereocenters. The topological polar surface area (TPSA) is 104 Å². The molecule has 1 heterocycles. The second kappa shape index (κ2) is 7.63. The van der Waals surface area contributed by atoms with Gasteiger partial charge in [-0.1, -0.05) is 0 Å². The lowest BCUT2D eigenvalue weighted by Gasteiger charge is -2.35. The number of carbonyl (C=O) groups is 2. The van der Waals surface area contributed by atoms with Crippen LogP contribution in [0.4, 0.5) is 0 Å². The molecule has 0 spiro atoms. The van der Waals surface area contributed by atoms with Gasteiger partial charge in [0.2, 0.25) is 10.0 Å². The highest BCUT2D eigenvalue weighted by molar-refractivity contribution is 7.89. The van der Waals surface area contributed by atoms with Crippen molar-refractivity contribution in [1.82, 2.24) is 9.21 Å². The van der Waals surface area contributed by atoms with Crippen molar-refractivity contribution in [2.24, 2.45) is 5.92 Å². The number of nitrogens with zero attached hydrogens (tertiary/aromatic N) is 2. The minimum Gasteiger partial charge on any atom is -0.496 e. The van der Waals surface area contributed by atoms with E-state index in [1.165, 1.54) is 34.5 Å². The fourth-order valence-electron chi connectivity index (χ4n) is 3.00. The summed E-state index contributed by atoms with van der Waals surface area (Å²) in [4.78, 5) is 24.9. The number of aliphatic carboxylic acids is 1. The molecule has 1 N–H and O–H groups in total. The normalized spacial score (nSPS) is 21.2. The molecule has 1 fully saturated rings. The summed E-state index contributed by atoms with van der Waals surface area (Å²) in [5, 5.41) is 9.24. The summed E-state index contributed by atoms with van der Waals surface area (Å²) >= 11 is 0. The molecular formula is C17H24N2O6S. The van der Waals surface area contributed by atoms with Crippen LogP contribution in [0.5, 0.6) is 5.75 Å². The van der Waals surface area contributed by atoms with Crippen LogP contribution in [0.15, 0.2) is 23.1 Å². The lowest BCUT2D eigenvalue weighted by Crippen LogP contribution is -2.47. The van der Waals surface area contributed by atoms with Crippen molar-refractivity contribution in [3.63, 3.8) is 0 Å². The highest BCUT2D eigenvalue weighted by Gasteiger charge is 2.37. The van der Waals surface area contributed by atoms with E-state index in [4.69, 9.17) is 4.74 Å². The number of hydrogen-bond donors (Lipinski definition) is 1. The molecule has 1 aliphatic heterocycles. The maximum atomic E-state index is 13.1. The van der Waals surface area contributed by atoms with Crippen LogP contribution in [0.3, 0.4) is 0 Å². The van der Waals surface area contributed by atoms with E-state index in [9.17, 15) is 23.1 Å². The van der Waals surface area contributed by atoms with Crippen LogP contribution in [0.25, 0.3) is 0 Å². The Morgan fingerprint density at radius 2 is 1.92 bits per heavy atom. The molecule has 2 rings (SSSR count). The number of piperidine rings is 1. The zero-order valence-electron chi connectivity index (χ0n) is 15.3. The zero-order valence-corrected chi connectivity index (χ0v) is 16.1. The Bertz CT molecular complexity index is 805. The van der Waals surface area contributed by atoms with Crippen molar-refractivity contribution in [2.45, 2.75) is 30.7 Å². The Kier molecular flexibility index (Phi) is 5.92. The SMILES string of the molecule is COc1ccc(S(=O)(=O)N2CC(C(=O)O)CCC2C)cc1C(=O)N(C)C. The molecule has 2 atom stereocenters. The second-order valence-electron chi connectivity index (χ2n) is 6.60. The molecule has 8 nitrogen and oxygen atoms in total. The summed E-state index contributed by atoms with van der Waals surface area (Å²) < 4.78 is 32.5. The van der Waals surface area contributed by atoms with Crippen molar-refractivity contribution in [3.8, 4) is 5.75 Å². The van der Waals surface area contributed by atoms with E-state index in [1.807, 2.05) is 0 Å². The van der Waals surface area contributed by atoms with Gasteiger partial charge in [-0.25, -0.2) is 8.42 Å². The highest BCUT2D eigenvalue weighted by atomic mass is 32.2. The first-order chi connectivity index (χ1) is 12.1. The Morgan fingerprint density at radius 3 is 2.46 bits per heavy atom. The molecule has 1 amide bonds. The van der Waals surface area contributed by atoms with Gasteiger partial charge in [0.1, 0.15) is 5.75 Å². The third kappa shape index (κ3) is 3.83. The molecule has 1 saturated heterocycles. The van der Waals surface area contributed by atoms with Crippen LogP contribution in [-0.4, -0.2) is 68.4 Å². The molecule has 9 heteroatoms. The van der Waals surface area contributed by atoms with Gasteiger partial charge in [-0.3, -0.25) is 9.59 Å². The molecule has 0 aromatic heterocycles. The lowest BCUT2D eigenvalue weighted by molar-refractivity contribution is -0.143. The predicted molar refractivity (Wildman–Crippen MR) is 94.7 cm³/mol. The standard InChI is InChI=1S/C17H24N2O6S/c1-11-5-6-12(17(21)22)10-19(11)26(23,24)13-7-8-15(25-4)14(9-13)16(20)18(2)3/h7-9,11-12H,5-6,10H2,1-4H3,(H,21,22). The van der Waals surface area contributed by atoms with Crippen molar-refractivity contribution >= 4 is 21.9 Å². The Labute approximate surface area is 153 Å². The maximum absolute atomic E-state index is 13.1. The van der Waals surface area contributed by atoms with E-state index in [0.717, 1.165) is 0 Å². The van der Waals surface area contributed by atoms with Gasteiger partial charge in [-0.05, 0) is 38.0 Å². The number of amides is 1. The highest BCUT2D eigenvalue weighted by Crippen LogP contribution is 2.30. The van der Waals surface area contributed by atoms with E-state index < -0.39 is 21.9 Å². The molecule has 1 aromatic rings. The van der Waals surface area contributed by atoms with Crippen LogP contribution >= 0.6 is 0 Å². The van der Waals surface area contributed by atoms with Crippen molar-refractivity contribution < 1.29 is 27.9 Å². The summed E-state index contributed by atoms with van der Waals surface area (Å²) in [6.45, 7) is 1.67. The van der Waals surface area contributed by atoms with Gasteiger partial charge in [0, 0.05) is 26.7 Å². The summed E-state index contributed by atoms with van der Waals surface area (Å²) in [7, 11) is 0.587. The third-order valence-corrected chi connectivity index (χ3v) is 6.56. The molecule has 26 heavy (non-hydrogen) atoms. The van der Waals surface area contributed by atoms with Crippen LogP contribution in [-0.2, 0) is 14.8 Å². The zero-order chi connectivity index (χ0) is 19.6. The summed E-state index contributed by atoms with van der Waals surface area (Å²) in [5.74, 6) is -1.84. The van der Waals surface area contributed by atoms with Crippen LogP contribution in [0, 0.1) is 5.92 Å². The molecule has 1 aliphatic rings. The Balaban J connectivity index is 2.46. The van der Waals surface area contributed by atoms with Crippen LogP contribution < -0.4 is 4.74 Å². The number of ether oxygens (including phenoxy) is 1. The fourth-order valence-corrected chi connectivity index (χ4v) is 4.74. The third-order valence-electron chi connectivity index (χ3n) is 4.59. The molecule has 1 aromatic carbocycles. The van der Waals surface area contributed by atoms with E-state index >= 15 is 0 Å². The molecule has 0 saturated carbocycles. The summed E-state index contributed by atoms with van der Waals surface area (Å²) in [5.41, 5.74) is 0.137. The van der Waals surface area contributed by atoms with Gasteiger partial charge in [0.05, 0.1) is 23.5 Å². The van der Waals surface area contributed by atoms with Gasteiger partial charge >= 0.3 is 5.97 Å². The Hall–Kier alpha value is -2.13. The number of carboxylic acid groups (broad SMARTS) is 1. The van der Waals surface area contributed by atoms with Gasteiger partial charge in [-0.2, -0.15) is 4.31 Å². The minimum absolute atomic E-state index is 0.0543. The minimum atomic E-state index is -3.94. The molecular weight excluding hydrogens is 360 g/mol. The number of sulfonamides is 1. The monoisotopic (exact) mass is 384 g/mol. The van der Waals surface area contributed by atoms with Crippen LogP contribution in [0.2, 0.25) is 0 Å². The van der Waals surface area contributed by atoms with Crippen LogP contribution in [0.1, 0.15) is 30.1 Å². The number of methoxy groups -OCH3 is 1. The van der Waals surface area contributed by atoms with Crippen molar-refractivity contribution in [1.29, 1.82) is 0 Å². The predicted octanol–water partition coefficient (Wildman–Crippen LogP) is 1.27. The largest absolute Gasteiger partial charge is 0.496 e. The van der Waals surface area contributed by atoms with Gasteiger partial charge in [-0.15, -0.1) is 0 Å². The molecule has 144 valence electrons. The first-order valence-corrected chi connectivity index (χ1v) is 9.68. The van der Waals surface area contributed by atoms with Gasteiger partial charge in [0.15, 0.2) is 0 Å². The Morgan fingerprint density at radius 1 is 1.27 bits per heavy atom. The van der Waals surface area contributed by atoms with E-state index in [2.05, 4.69) is 0 Å². The number of benzene rings is 1. The smallest absolute Gasteiger partial charge is 0.307 e. The van der Waals surface area contributed by atoms with Gasteiger partial charge in [0.25, 0.3) is 5.91 Å². The number of rotatable bonds is 5. The molecule has 0 radical (unpaired) electrons. The first-order valence-electron chi connectivity index (χ1n) is 8.24. The first kappa shape index (κ1) is 20.2. The summed E-state index contributed by atoms with van der Waals surface area (Å²) in [6.07, 6.45) is 0.908. The number of carboxylic acids is 1. The quantitative estimate of drug-likeness (QED) is 0.820.